The van der Waals surface area contributed by atoms with Crippen molar-refractivity contribution in [3.8, 4) is 0 Å². The summed E-state index contributed by atoms with van der Waals surface area (Å²) in [6, 6.07) is 0. The maximum atomic E-state index is 6.62. The van der Waals surface area contributed by atoms with Gasteiger partial charge in [-0.05, 0) is 85.2 Å². The number of rotatable bonds is 0. The summed E-state index contributed by atoms with van der Waals surface area (Å²) in [7, 11) is 0. The number of halogens is 1. The Morgan fingerprint density at radius 3 is 3.00 bits per heavy atom. The van der Waals surface area contributed by atoms with Crippen LogP contribution in [0.1, 0.15) is 44.9 Å². The third-order valence-electron chi connectivity index (χ3n) is 9.11. The lowest BCUT2D eigenvalue weighted by atomic mass is 9.70. The summed E-state index contributed by atoms with van der Waals surface area (Å²) in [5.41, 5.74) is 6.38. The van der Waals surface area contributed by atoms with Crippen LogP contribution < -0.4 is 0 Å². The molecule has 24 heavy (non-hydrogen) atoms. The van der Waals surface area contributed by atoms with E-state index in [4.69, 9.17) is 11.6 Å². The topological polar surface area (TPSA) is 0 Å². The Labute approximate surface area is 149 Å². The van der Waals surface area contributed by atoms with E-state index in [9.17, 15) is 0 Å². The monoisotopic (exact) mass is 336 g/mol. The van der Waals surface area contributed by atoms with E-state index in [2.05, 4.69) is 30.4 Å². The molecule has 0 heterocycles. The van der Waals surface area contributed by atoms with E-state index in [-0.39, 0.29) is 0 Å². The van der Waals surface area contributed by atoms with Crippen molar-refractivity contribution in [2.24, 2.45) is 40.4 Å². The van der Waals surface area contributed by atoms with Crippen LogP contribution in [0.4, 0.5) is 0 Å². The Bertz CT molecular complexity index is 782. The lowest BCUT2D eigenvalue weighted by Gasteiger charge is -2.34. The molecule has 0 aromatic heterocycles. The van der Waals surface area contributed by atoms with Crippen molar-refractivity contribution in [3.05, 3.63) is 47.1 Å². The molecule has 0 radical (unpaired) electrons. The van der Waals surface area contributed by atoms with Gasteiger partial charge in [0.1, 0.15) is 0 Å². The van der Waals surface area contributed by atoms with Crippen LogP contribution >= 0.6 is 11.6 Å². The molecule has 7 aliphatic carbocycles. The van der Waals surface area contributed by atoms with Gasteiger partial charge in [0.05, 0.1) is 0 Å². The number of allylic oxidation sites excluding steroid dienone is 8. The summed E-state index contributed by atoms with van der Waals surface area (Å²) in [5, 5.41) is 0.344. The zero-order valence-corrected chi connectivity index (χ0v) is 14.9. The Kier molecular flexibility index (Phi) is 2.23. The van der Waals surface area contributed by atoms with Gasteiger partial charge < -0.3 is 0 Å². The van der Waals surface area contributed by atoms with Crippen molar-refractivity contribution >= 4 is 11.6 Å². The summed E-state index contributed by atoms with van der Waals surface area (Å²) in [6.07, 6.45) is 21.9. The van der Waals surface area contributed by atoms with Gasteiger partial charge in [0.25, 0.3) is 0 Å². The number of hydrogen-bond donors (Lipinski definition) is 0. The summed E-state index contributed by atoms with van der Waals surface area (Å²) in [5.74, 6) is 4.82. The second-order valence-corrected chi connectivity index (χ2v) is 10.3. The predicted octanol–water partition coefficient (Wildman–Crippen LogP) is 5.81. The smallest absolute Gasteiger partial charge is 0.0379 e. The van der Waals surface area contributed by atoms with E-state index in [0.717, 1.165) is 36.5 Å². The zero-order valence-electron chi connectivity index (χ0n) is 14.2. The van der Waals surface area contributed by atoms with E-state index in [0.29, 0.717) is 22.1 Å². The minimum atomic E-state index is 0.344. The summed E-state index contributed by atoms with van der Waals surface area (Å²) in [6.45, 7) is 0. The Morgan fingerprint density at radius 1 is 1.08 bits per heavy atom. The van der Waals surface area contributed by atoms with Crippen LogP contribution in [-0.2, 0) is 0 Å². The first-order valence-electron chi connectivity index (χ1n) is 10.2. The molecule has 7 unspecified atom stereocenters. The molecule has 0 aromatic rings. The molecule has 7 rings (SSSR count). The van der Waals surface area contributed by atoms with Crippen molar-refractivity contribution in [3.63, 3.8) is 0 Å². The molecule has 5 saturated carbocycles. The summed E-state index contributed by atoms with van der Waals surface area (Å²) in [4.78, 5) is 0. The Balaban J connectivity index is 1.48. The molecule has 1 heteroatoms. The predicted molar refractivity (Wildman–Crippen MR) is 97.7 cm³/mol. The van der Waals surface area contributed by atoms with Crippen molar-refractivity contribution in [2.75, 3.05) is 0 Å². The van der Waals surface area contributed by atoms with Gasteiger partial charge in [-0.15, -0.1) is 11.6 Å². The van der Waals surface area contributed by atoms with Crippen molar-refractivity contribution < 1.29 is 0 Å². The van der Waals surface area contributed by atoms with Crippen molar-refractivity contribution in [2.45, 2.75) is 50.3 Å². The second kappa shape index (κ2) is 3.98. The van der Waals surface area contributed by atoms with Gasteiger partial charge in [0.2, 0.25) is 0 Å². The highest BCUT2D eigenvalue weighted by Crippen LogP contribution is 2.95. The van der Waals surface area contributed by atoms with Crippen molar-refractivity contribution in [1.29, 1.82) is 0 Å². The second-order valence-electron chi connectivity index (χ2n) is 9.73. The quantitative estimate of drug-likeness (QED) is 0.387. The fourth-order valence-electron chi connectivity index (χ4n) is 8.68. The van der Waals surface area contributed by atoms with Crippen LogP contribution in [0.3, 0.4) is 0 Å². The lowest BCUT2D eigenvalue weighted by Crippen LogP contribution is -2.27. The highest BCUT2D eigenvalue weighted by Gasteiger charge is 2.89. The number of alkyl halides is 1. The van der Waals surface area contributed by atoms with Crippen LogP contribution in [0.25, 0.3) is 0 Å². The highest BCUT2D eigenvalue weighted by molar-refractivity contribution is 6.20. The van der Waals surface area contributed by atoms with Crippen LogP contribution in [0.2, 0.25) is 0 Å². The van der Waals surface area contributed by atoms with Gasteiger partial charge in [-0.3, -0.25) is 0 Å². The molecule has 124 valence electrons. The molecule has 0 nitrogen and oxygen atoms in total. The highest BCUT2D eigenvalue weighted by atomic mass is 35.5. The number of fused-ring (bicyclic) bond motifs is 8. The van der Waals surface area contributed by atoms with Gasteiger partial charge in [-0.2, -0.15) is 0 Å². The van der Waals surface area contributed by atoms with E-state index in [1.54, 1.807) is 30.4 Å². The molecule has 2 spiro atoms. The average molecular weight is 337 g/mol. The van der Waals surface area contributed by atoms with E-state index in [1.165, 1.54) is 12.8 Å². The van der Waals surface area contributed by atoms with Crippen LogP contribution in [-0.4, -0.2) is 5.38 Å². The zero-order chi connectivity index (χ0) is 15.7. The first-order valence-corrected chi connectivity index (χ1v) is 10.6. The normalized spacial score (nSPS) is 58.0. The molecule has 0 aromatic carbocycles. The molecule has 0 N–H and O–H groups in total. The minimum Gasteiger partial charge on any atom is -0.123 e. The third kappa shape index (κ3) is 1.23. The Hall–Kier alpha value is -0.750. The van der Waals surface area contributed by atoms with Crippen LogP contribution in [0.15, 0.2) is 47.1 Å². The molecule has 7 aliphatic rings. The van der Waals surface area contributed by atoms with Crippen LogP contribution in [0.5, 0.6) is 0 Å². The van der Waals surface area contributed by atoms with Gasteiger partial charge in [-0.25, -0.2) is 0 Å². The molecule has 5 fully saturated rings. The maximum Gasteiger partial charge on any atom is 0.0379 e. The summed E-state index contributed by atoms with van der Waals surface area (Å²) >= 11 is 6.62. The Morgan fingerprint density at radius 2 is 2.04 bits per heavy atom. The van der Waals surface area contributed by atoms with Crippen molar-refractivity contribution in [1.82, 2.24) is 0 Å². The molecule has 0 aliphatic heterocycles. The first-order chi connectivity index (χ1) is 11.8. The van der Waals surface area contributed by atoms with E-state index < -0.39 is 0 Å². The SMILES string of the molecule is ClC1CC=C2[C@@H](C1)C1=CCC=CC=C1C21C2CC3CC4CC4C21C3. The minimum absolute atomic E-state index is 0.344. The molecular weight excluding hydrogens is 312 g/mol. The third-order valence-corrected chi connectivity index (χ3v) is 9.47. The molecule has 8 atom stereocenters. The van der Waals surface area contributed by atoms with Gasteiger partial charge in [0, 0.05) is 16.7 Å². The molecule has 2 bridgehead atoms. The van der Waals surface area contributed by atoms with E-state index in [1.807, 2.05) is 5.57 Å². The standard InChI is InChI=1S/C23H25Cl/c24-15-6-7-19-17(11-15)16-4-2-1-3-5-18(16)23(19)21-9-13-8-14-10-20(14)22(21,23)12-13/h1,3-5,7,13-15,17,20-21H,2,6,8-12H2/t13?,14?,15?,17-,20?,21?,22?,23?/m0/s1. The fourth-order valence-corrected chi connectivity index (χ4v) is 8.95. The number of hydrogen-bond acceptors (Lipinski definition) is 0. The summed E-state index contributed by atoms with van der Waals surface area (Å²) < 4.78 is 0. The average Bonchev–Trinajstić information content (AvgIpc) is 3.41. The van der Waals surface area contributed by atoms with E-state index >= 15 is 0 Å². The first kappa shape index (κ1) is 13.5. The largest absolute Gasteiger partial charge is 0.123 e. The molecule has 0 saturated heterocycles. The van der Waals surface area contributed by atoms with Crippen LogP contribution in [0, 0.1) is 40.4 Å². The van der Waals surface area contributed by atoms with Gasteiger partial charge in [0.15, 0.2) is 0 Å². The molecule has 0 amide bonds. The fraction of sp³-hybridized carbons (Fsp3) is 0.652. The van der Waals surface area contributed by atoms with Gasteiger partial charge in [-0.1, -0.05) is 36.0 Å². The molecular formula is C23H25Cl. The lowest BCUT2D eigenvalue weighted by molar-refractivity contribution is 0.228. The maximum absolute atomic E-state index is 6.62. The van der Waals surface area contributed by atoms with Gasteiger partial charge >= 0.3 is 0 Å².